The van der Waals surface area contributed by atoms with Crippen LogP contribution in [0.1, 0.15) is 45.4 Å². The first-order valence-electron chi connectivity index (χ1n) is 8.03. The third-order valence-corrected chi connectivity index (χ3v) is 3.87. The molecule has 0 fully saturated rings. The predicted octanol–water partition coefficient (Wildman–Crippen LogP) is 3.50. The Bertz CT molecular complexity index is 783. The summed E-state index contributed by atoms with van der Waals surface area (Å²) in [6, 6.07) is 15.9. The molecule has 25 heavy (non-hydrogen) atoms. The highest BCUT2D eigenvalue weighted by Gasteiger charge is 2.23. The highest BCUT2D eigenvalue weighted by molar-refractivity contribution is 5.97. The summed E-state index contributed by atoms with van der Waals surface area (Å²) in [5, 5.41) is 0. The van der Waals surface area contributed by atoms with Crippen LogP contribution in [0.3, 0.4) is 0 Å². The number of rotatable bonds is 7. The minimum absolute atomic E-state index is 0.106. The van der Waals surface area contributed by atoms with Gasteiger partial charge in [-0.2, -0.15) is 0 Å². The van der Waals surface area contributed by atoms with E-state index in [0.717, 1.165) is 5.69 Å². The number of hydrogen-bond acceptors (Lipinski definition) is 5. The van der Waals surface area contributed by atoms with Crippen molar-refractivity contribution >= 4 is 11.6 Å². The second-order valence-electron chi connectivity index (χ2n) is 5.64. The number of carbonyl (C=O) groups excluding carboxylic acids is 2. The predicted molar refractivity (Wildman–Crippen MR) is 93.3 cm³/mol. The summed E-state index contributed by atoms with van der Waals surface area (Å²) >= 11 is 0. The van der Waals surface area contributed by atoms with Crippen molar-refractivity contribution in [3.05, 3.63) is 90.3 Å². The number of Topliss-reactive ketones (excluding diaryl/α,β-unsaturated/α-hetero) is 2. The Balaban J connectivity index is 1.81. The van der Waals surface area contributed by atoms with Crippen molar-refractivity contribution in [2.24, 2.45) is 0 Å². The van der Waals surface area contributed by atoms with Gasteiger partial charge in [-0.1, -0.05) is 18.2 Å². The summed E-state index contributed by atoms with van der Waals surface area (Å²) < 4.78 is 0. The Morgan fingerprint density at radius 2 is 1.16 bits per heavy atom. The average molecular weight is 331 g/mol. The SMILES string of the molecule is O=C(CC(CC(=O)c1ccccn1)c1ccccn1)c1ccccn1. The monoisotopic (exact) mass is 331 g/mol. The first-order valence-corrected chi connectivity index (χ1v) is 8.03. The van der Waals surface area contributed by atoms with E-state index in [1.54, 1.807) is 55.0 Å². The zero-order valence-electron chi connectivity index (χ0n) is 13.6. The van der Waals surface area contributed by atoms with Gasteiger partial charge in [-0.25, -0.2) is 0 Å². The van der Waals surface area contributed by atoms with Crippen LogP contribution in [0, 0.1) is 0 Å². The van der Waals surface area contributed by atoms with Crippen LogP contribution in [0.2, 0.25) is 0 Å². The van der Waals surface area contributed by atoms with Crippen molar-refractivity contribution in [1.29, 1.82) is 0 Å². The van der Waals surface area contributed by atoms with Crippen molar-refractivity contribution in [2.45, 2.75) is 18.8 Å². The van der Waals surface area contributed by atoms with E-state index in [2.05, 4.69) is 15.0 Å². The fourth-order valence-corrected chi connectivity index (χ4v) is 2.61. The third-order valence-electron chi connectivity index (χ3n) is 3.87. The highest BCUT2D eigenvalue weighted by atomic mass is 16.1. The minimum Gasteiger partial charge on any atom is -0.292 e. The van der Waals surface area contributed by atoms with E-state index in [0.29, 0.717) is 11.4 Å². The summed E-state index contributed by atoms with van der Waals surface area (Å²) in [5.74, 6) is -0.527. The summed E-state index contributed by atoms with van der Waals surface area (Å²) in [4.78, 5) is 37.6. The van der Waals surface area contributed by atoms with E-state index < -0.39 is 0 Å². The number of nitrogens with zero attached hydrogens (tertiary/aromatic N) is 3. The van der Waals surface area contributed by atoms with E-state index in [1.165, 1.54) is 0 Å². The molecular formula is C20H17N3O2. The summed E-state index contributed by atoms with van der Waals surface area (Å²) in [7, 11) is 0. The lowest BCUT2D eigenvalue weighted by atomic mass is 9.91. The molecule has 0 aromatic carbocycles. The molecule has 0 radical (unpaired) electrons. The van der Waals surface area contributed by atoms with Gasteiger partial charge in [0, 0.05) is 43.0 Å². The van der Waals surface area contributed by atoms with Gasteiger partial charge in [0.15, 0.2) is 11.6 Å². The van der Waals surface area contributed by atoms with Crippen LogP contribution < -0.4 is 0 Å². The first-order chi connectivity index (χ1) is 12.2. The van der Waals surface area contributed by atoms with Gasteiger partial charge in [0.05, 0.1) is 0 Å². The molecule has 0 amide bonds. The second-order valence-corrected chi connectivity index (χ2v) is 5.64. The molecule has 0 bridgehead atoms. The average Bonchev–Trinajstić information content (AvgIpc) is 2.69. The first kappa shape index (κ1) is 16.6. The molecular weight excluding hydrogens is 314 g/mol. The van der Waals surface area contributed by atoms with E-state index in [9.17, 15) is 9.59 Å². The van der Waals surface area contributed by atoms with Crippen LogP contribution in [0.4, 0.5) is 0 Å². The molecule has 0 saturated heterocycles. The molecule has 3 heterocycles. The number of aromatic nitrogens is 3. The molecule has 0 saturated carbocycles. The van der Waals surface area contributed by atoms with Gasteiger partial charge in [-0.15, -0.1) is 0 Å². The van der Waals surface area contributed by atoms with E-state index in [-0.39, 0.29) is 30.3 Å². The summed E-state index contributed by atoms with van der Waals surface area (Å²) in [5.41, 5.74) is 1.51. The fourth-order valence-electron chi connectivity index (χ4n) is 2.61. The van der Waals surface area contributed by atoms with Crippen molar-refractivity contribution in [2.75, 3.05) is 0 Å². The Morgan fingerprint density at radius 3 is 1.56 bits per heavy atom. The number of hydrogen-bond donors (Lipinski definition) is 0. The Hall–Kier alpha value is -3.21. The Labute approximate surface area is 145 Å². The van der Waals surface area contributed by atoms with Gasteiger partial charge in [0.1, 0.15) is 11.4 Å². The van der Waals surface area contributed by atoms with Gasteiger partial charge in [-0.05, 0) is 36.4 Å². The highest BCUT2D eigenvalue weighted by Crippen LogP contribution is 2.25. The van der Waals surface area contributed by atoms with Crippen molar-refractivity contribution < 1.29 is 9.59 Å². The number of pyridine rings is 3. The molecule has 0 spiro atoms. The maximum absolute atomic E-state index is 12.5. The molecule has 124 valence electrons. The Kier molecular flexibility index (Phi) is 5.36. The second kappa shape index (κ2) is 8.06. The van der Waals surface area contributed by atoms with Gasteiger partial charge in [0.25, 0.3) is 0 Å². The molecule has 3 aromatic heterocycles. The standard InChI is InChI=1S/C20H17N3O2/c24-19(17-8-2-5-11-22-17)13-15(16-7-1-4-10-21-16)14-20(25)18-9-3-6-12-23-18/h1-12,15H,13-14H2. The molecule has 0 aliphatic carbocycles. The molecule has 0 atom stereocenters. The molecule has 0 N–H and O–H groups in total. The smallest absolute Gasteiger partial charge is 0.181 e. The van der Waals surface area contributed by atoms with Gasteiger partial charge in [-0.3, -0.25) is 24.5 Å². The molecule has 3 rings (SSSR count). The number of carbonyl (C=O) groups is 2. The lowest BCUT2D eigenvalue weighted by molar-refractivity contribution is 0.0938. The molecule has 0 aliphatic rings. The quantitative estimate of drug-likeness (QED) is 0.620. The topological polar surface area (TPSA) is 72.8 Å². The summed E-state index contributed by atoms with van der Waals surface area (Å²) in [6.45, 7) is 0. The zero-order chi connectivity index (χ0) is 17.5. The van der Waals surface area contributed by atoms with Crippen LogP contribution in [0.15, 0.2) is 73.2 Å². The molecule has 3 aromatic rings. The third kappa shape index (κ3) is 4.41. The molecule has 5 heteroatoms. The Morgan fingerprint density at radius 1 is 0.680 bits per heavy atom. The van der Waals surface area contributed by atoms with Crippen LogP contribution >= 0.6 is 0 Å². The van der Waals surface area contributed by atoms with Crippen LogP contribution in [-0.2, 0) is 0 Å². The fraction of sp³-hybridized carbons (Fsp3) is 0.150. The maximum Gasteiger partial charge on any atom is 0.181 e. The molecule has 0 aliphatic heterocycles. The lowest BCUT2D eigenvalue weighted by Crippen LogP contribution is -2.15. The van der Waals surface area contributed by atoms with Gasteiger partial charge < -0.3 is 0 Å². The lowest BCUT2D eigenvalue weighted by Gasteiger charge is -2.14. The van der Waals surface area contributed by atoms with Crippen LogP contribution in [0.25, 0.3) is 0 Å². The van der Waals surface area contributed by atoms with Crippen LogP contribution in [-0.4, -0.2) is 26.5 Å². The molecule has 0 unspecified atom stereocenters. The van der Waals surface area contributed by atoms with E-state index in [1.807, 2.05) is 18.2 Å². The van der Waals surface area contributed by atoms with Gasteiger partial charge in [0.2, 0.25) is 0 Å². The van der Waals surface area contributed by atoms with Gasteiger partial charge >= 0.3 is 0 Å². The maximum atomic E-state index is 12.5. The van der Waals surface area contributed by atoms with Crippen LogP contribution in [0.5, 0.6) is 0 Å². The zero-order valence-corrected chi connectivity index (χ0v) is 13.6. The van der Waals surface area contributed by atoms with E-state index in [4.69, 9.17) is 0 Å². The normalized spacial score (nSPS) is 10.6. The largest absolute Gasteiger partial charge is 0.292 e. The van der Waals surface area contributed by atoms with Crippen molar-refractivity contribution in [3.8, 4) is 0 Å². The molecule has 5 nitrogen and oxygen atoms in total. The minimum atomic E-state index is -0.315. The summed E-state index contributed by atoms with van der Waals surface area (Å²) in [6.07, 6.45) is 5.18. The van der Waals surface area contributed by atoms with E-state index >= 15 is 0 Å². The van der Waals surface area contributed by atoms with Crippen molar-refractivity contribution in [3.63, 3.8) is 0 Å². The van der Waals surface area contributed by atoms with Crippen molar-refractivity contribution in [1.82, 2.24) is 15.0 Å². The number of ketones is 2.